The number of H-pyrrole nitrogens is 1. The van der Waals surface area contributed by atoms with Crippen molar-refractivity contribution in [3.8, 4) is 11.1 Å². The summed E-state index contributed by atoms with van der Waals surface area (Å²) < 4.78 is 1.55. The van der Waals surface area contributed by atoms with Gasteiger partial charge in [-0.25, -0.2) is 9.97 Å². The Hall–Kier alpha value is -2.90. The Morgan fingerprint density at radius 1 is 1.13 bits per heavy atom. The van der Waals surface area contributed by atoms with Crippen molar-refractivity contribution in [3.05, 3.63) is 52.2 Å². The second kappa shape index (κ2) is 6.80. The van der Waals surface area contributed by atoms with Gasteiger partial charge in [-0.3, -0.25) is 4.79 Å². The van der Waals surface area contributed by atoms with Crippen LogP contribution in [0.5, 0.6) is 0 Å². The molecule has 2 unspecified atom stereocenters. The Kier molecular flexibility index (Phi) is 4.13. The molecule has 31 heavy (non-hydrogen) atoms. The first-order valence-electron chi connectivity index (χ1n) is 10.7. The van der Waals surface area contributed by atoms with Crippen molar-refractivity contribution in [1.82, 2.24) is 19.5 Å². The third-order valence-electron chi connectivity index (χ3n) is 6.89. The molecule has 7 nitrogen and oxygen atoms in total. The van der Waals surface area contributed by atoms with Crippen LogP contribution < -0.4 is 16.2 Å². The second-order valence-corrected chi connectivity index (χ2v) is 9.15. The van der Waals surface area contributed by atoms with Crippen molar-refractivity contribution in [2.24, 2.45) is 12.8 Å². The Morgan fingerprint density at radius 3 is 2.68 bits per heavy atom. The molecule has 0 spiro atoms. The highest BCUT2D eigenvalue weighted by atomic mass is 35.5. The molecular formula is C23H23ClN6O. The highest BCUT2D eigenvalue weighted by molar-refractivity contribution is 6.38. The number of benzene rings is 1. The van der Waals surface area contributed by atoms with E-state index in [2.05, 4.69) is 9.88 Å². The molecule has 2 aliphatic heterocycles. The van der Waals surface area contributed by atoms with Gasteiger partial charge in [-0.15, -0.1) is 0 Å². The van der Waals surface area contributed by atoms with Gasteiger partial charge >= 0.3 is 0 Å². The van der Waals surface area contributed by atoms with Crippen molar-refractivity contribution in [2.75, 3.05) is 4.90 Å². The molecule has 0 aliphatic carbocycles. The van der Waals surface area contributed by atoms with Crippen LogP contribution in [0.2, 0.25) is 5.02 Å². The molecule has 5 heterocycles. The molecule has 0 radical (unpaired) electrons. The molecule has 0 saturated carbocycles. The summed E-state index contributed by atoms with van der Waals surface area (Å²) >= 11 is 6.74. The number of halogens is 1. The molecule has 2 saturated heterocycles. The van der Waals surface area contributed by atoms with Gasteiger partial charge < -0.3 is 20.2 Å². The summed E-state index contributed by atoms with van der Waals surface area (Å²) in [4.78, 5) is 27.8. The van der Waals surface area contributed by atoms with Crippen molar-refractivity contribution >= 4 is 39.4 Å². The molecule has 2 atom stereocenters. The number of aromatic nitrogens is 4. The third-order valence-corrected chi connectivity index (χ3v) is 7.29. The molecule has 2 aliphatic rings. The predicted molar refractivity (Wildman–Crippen MR) is 124 cm³/mol. The summed E-state index contributed by atoms with van der Waals surface area (Å²) in [7, 11) is 1.73. The van der Waals surface area contributed by atoms with E-state index in [-0.39, 0.29) is 11.6 Å². The first-order chi connectivity index (χ1) is 15.0. The SMILES string of the molecule is Cn1ccc2c(Cl)c(-c3c[nH]c4nc(N5C6CCC5CC(N)C6)cnc34)ccc2c1=O. The minimum Gasteiger partial charge on any atom is -0.349 e. The molecular weight excluding hydrogens is 412 g/mol. The van der Waals surface area contributed by atoms with Crippen LogP contribution in [0.4, 0.5) is 5.82 Å². The Bertz CT molecular complexity index is 1380. The number of pyridine rings is 1. The maximum absolute atomic E-state index is 12.4. The number of hydrogen-bond acceptors (Lipinski definition) is 5. The zero-order valence-electron chi connectivity index (χ0n) is 17.2. The molecule has 158 valence electrons. The van der Waals surface area contributed by atoms with E-state index < -0.39 is 0 Å². The van der Waals surface area contributed by atoms with Crippen molar-refractivity contribution in [2.45, 2.75) is 43.8 Å². The quantitative estimate of drug-likeness (QED) is 0.503. The van der Waals surface area contributed by atoms with Crippen molar-refractivity contribution in [3.63, 3.8) is 0 Å². The van der Waals surface area contributed by atoms with E-state index in [1.54, 1.807) is 17.8 Å². The summed E-state index contributed by atoms with van der Waals surface area (Å²) in [5.74, 6) is 0.911. The summed E-state index contributed by atoms with van der Waals surface area (Å²) in [5.41, 5.74) is 9.38. The smallest absolute Gasteiger partial charge is 0.258 e. The number of fused-ring (bicyclic) bond motifs is 4. The number of hydrogen-bond donors (Lipinski definition) is 2. The van der Waals surface area contributed by atoms with E-state index in [0.29, 0.717) is 22.5 Å². The van der Waals surface area contributed by atoms with Gasteiger partial charge in [0.2, 0.25) is 0 Å². The lowest BCUT2D eigenvalue weighted by Crippen LogP contribution is -2.47. The Balaban J connectivity index is 1.44. The summed E-state index contributed by atoms with van der Waals surface area (Å²) in [5, 5.41) is 1.89. The van der Waals surface area contributed by atoms with Crippen LogP contribution in [0, 0.1) is 0 Å². The van der Waals surface area contributed by atoms with Crippen LogP contribution in [0.25, 0.3) is 33.1 Å². The number of piperidine rings is 1. The largest absolute Gasteiger partial charge is 0.349 e. The number of rotatable bonds is 2. The minimum atomic E-state index is -0.0646. The molecule has 3 aromatic heterocycles. The summed E-state index contributed by atoms with van der Waals surface area (Å²) in [6, 6.07) is 6.78. The second-order valence-electron chi connectivity index (χ2n) is 8.77. The van der Waals surface area contributed by atoms with Gasteiger partial charge in [0.25, 0.3) is 5.56 Å². The lowest BCUT2D eigenvalue weighted by atomic mass is 9.98. The van der Waals surface area contributed by atoms with Gasteiger partial charge in [-0.2, -0.15) is 0 Å². The first-order valence-corrected chi connectivity index (χ1v) is 11.1. The molecule has 3 N–H and O–H groups in total. The van der Waals surface area contributed by atoms with Gasteiger partial charge in [-0.05, 0) is 37.8 Å². The van der Waals surface area contributed by atoms with Crippen LogP contribution >= 0.6 is 11.6 Å². The number of nitrogens with zero attached hydrogens (tertiary/aromatic N) is 4. The average molecular weight is 435 g/mol. The summed E-state index contributed by atoms with van der Waals surface area (Å²) in [6.07, 6.45) is 9.85. The van der Waals surface area contributed by atoms with Gasteiger partial charge in [0, 0.05) is 59.5 Å². The van der Waals surface area contributed by atoms with E-state index in [4.69, 9.17) is 27.3 Å². The summed E-state index contributed by atoms with van der Waals surface area (Å²) in [6.45, 7) is 0. The number of nitrogens with one attached hydrogen (secondary N) is 1. The molecule has 6 rings (SSSR count). The van der Waals surface area contributed by atoms with Crippen LogP contribution in [0.1, 0.15) is 25.7 Å². The molecule has 2 bridgehead atoms. The standard InChI is InChI=1S/C23H23ClN6O/c1-29-7-6-16-17(23(29)31)5-4-15(20(16)24)18-10-27-22-21(18)26-11-19(28-22)30-13-2-3-14(30)9-12(25)8-13/h4-7,10-14H,2-3,8-9,25H2,1H3,(H,27,28). The van der Waals surface area contributed by atoms with Crippen LogP contribution in [-0.4, -0.2) is 37.6 Å². The molecule has 2 fully saturated rings. The maximum Gasteiger partial charge on any atom is 0.258 e. The minimum absolute atomic E-state index is 0.0646. The normalized spacial score (nSPS) is 23.2. The molecule has 4 aromatic rings. The highest BCUT2D eigenvalue weighted by Gasteiger charge is 2.40. The van der Waals surface area contributed by atoms with Crippen LogP contribution in [0.15, 0.2) is 41.6 Å². The third kappa shape index (κ3) is 2.80. The molecule has 0 amide bonds. The molecule has 8 heteroatoms. The first kappa shape index (κ1) is 18.8. The van der Waals surface area contributed by atoms with E-state index >= 15 is 0 Å². The van der Waals surface area contributed by atoms with E-state index in [1.807, 2.05) is 30.6 Å². The van der Waals surface area contributed by atoms with E-state index in [9.17, 15) is 4.79 Å². The highest BCUT2D eigenvalue weighted by Crippen LogP contribution is 2.40. The van der Waals surface area contributed by atoms with Crippen molar-refractivity contribution < 1.29 is 0 Å². The zero-order valence-corrected chi connectivity index (χ0v) is 17.9. The van der Waals surface area contributed by atoms with Crippen LogP contribution in [-0.2, 0) is 7.05 Å². The number of aryl methyl sites for hydroxylation is 1. The van der Waals surface area contributed by atoms with Gasteiger partial charge in [0.1, 0.15) is 11.3 Å². The average Bonchev–Trinajstić information content (AvgIpc) is 3.29. The lowest BCUT2D eigenvalue weighted by Gasteiger charge is -2.38. The fourth-order valence-corrected chi connectivity index (χ4v) is 5.73. The number of aromatic amines is 1. The Morgan fingerprint density at radius 2 is 1.90 bits per heavy atom. The number of anilines is 1. The number of nitrogens with two attached hydrogens (primary N) is 1. The van der Waals surface area contributed by atoms with Gasteiger partial charge in [-0.1, -0.05) is 17.7 Å². The zero-order chi connectivity index (χ0) is 21.3. The van der Waals surface area contributed by atoms with Gasteiger partial charge in [0.05, 0.1) is 11.2 Å². The maximum atomic E-state index is 12.4. The van der Waals surface area contributed by atoms with E-state index in [1.165, 1.54) is 12.8 Å². The van der Waals surface area contributed by atoms with Crippen LogP contribution in [0.3, 0.4) is 0 Å². The monoisotopic (exact) mass is 434 g/mol. The van der Waals surface area contributed by atoms with Crippen molar-refractivity contribution in [1.29, 1.82) is 0 Å². The lowest BCUT2D eigenvalue weighted by molar-refractivity contribution is 0.412. The predicted octanol–water partition coefficient (Wildman–Crippen LogP) is 3.59. The Labute approximate surface area is 183 Å². The van der Waals surface area contributed by atoms with E-state index in [0.717, 1.165) is 46.3 Å². The fourth-order valence-electron chi connectivity index (χ4n) is 5.40. The fraction of sp³-hybridized carbons (Fsp3) is 0.348. The molecule has 1 aromatic carbocycles. The van der Waals surface area contributed by atoms with Gasteiger partial charge in [0.15, 0.2) is 5.65 Å². The topological polar surface area (TPSA) is 92.8 Å².